The topological polar surface area (TPSA) is 104 Å². The molecule has 2 N–H and O–H groups in total. The molecule has 1 aromatic carbocycles. The summed E-state index contributed by atoms with van der Waals surface area (Å²) in [6.07, 6.45) is 1.37. The molecule has 0 aliphatic heterocycles. The Morgan fingerprint density at radius 3 is 2.62 bits per heavy atom. The molecule has 1 aromatic rings. The molecule has 0 atom stereocenters. The predicted molar refractivity (Wildman–Crippen MR) is 79.0 cm³/mol. The van der Waals surface area contributed by atoms with Crippen molar-refractivity contribution in [2.24, 2.45) is 5.73 Å². The molecule has 6 nitrogen and oxygen atoms in total. The van der Waals surface area contributed by atoms with Crippen LogP contribution in [0.5, 0.6) is 0 Å². The van der Waals surface area contributed by atoms with Crippen LogP contribution < -0.4 is 5.73 Å². The third-order valence-electron chi connectivity index (χ3n) is 2.77. The minimum Gasteiger partial charge on any atom is -0.369 e. The van der Waals surface area contributed by atoms with Gasteiger partial charge in [-0.15, -0.1) is 0 Å². The highest BCUT2D eigenvalue weighted by atomic mass is 35.5. The highest BCUT2D eigenvalue weighted by Gasteiger charge is 2.27. The molecule has 0 saturated heterocycles. The number of unbranched alkanes of at least 4 members (excludes halogenated alkanes) is 1. The average Bonchev–Trinajstić information content (AvgIpc) is 2.42. The van der Waals surface area contributed by atoms with Gasteiger partial charge in [-0.2, -0.15) is 9.57 Å². The maximum absolute atomic E-state index is 12.5. The molecular formula is C13H16ClN3O3S. The average molecular weight is 330 g/mol. The maximum atomic E-state index is 12.5. The van der Waals surface area contributed by atoms with E-state index in [2.05, 4.69) is 0 Å². The number of hydrogen-bond donors (Lipinski definition) is 1. The van der Waals surface area contributed by atoms with Gasteiger partial charge in [0.05, 0.1) is 23.2 Å². The number of halogens is 1. The van der Waals surface area contributed by atoms with Crippen LogP contribution >= 0.6 is 11.6 Å². The van der Waals surface area contributed by atoms with Crippen molar-refractivity contribution in [2.45, 2.75) is 24.7 Å². The fraction of sp³-hybridized carbons (Fsp3) is 0.385. The Labute approximate surface area is 129 Å². The Hall–Kier alpha value is -1.62. The minimum atomic E-state index is -3.93. The Morgan fingerprint density at radius 1 is 1.48 bits per heavy atom. The molecule has 0 aliphatic carbocycles. The van der Waals surface area contributed by atoms with E-state index in [0.717, 1.165) is 10.7 Å². The minimum absolute atomic E-state index is 0.0555. The molecule has 21 heavy (non-hydrogen) atoms. The number of primary amides is 1. The highest BCUT2D eigenvalue weighted by molar-refractivity contribution is 7.89. The van der Waals surface area contributed by atoms with Crippen molar-refractivity contribution in [3.05, 3.63) is 28.8 Å². The Bertz CT molecular complexity index is 668. The molecule has 114 valence electrons. The van der Waals surface area contributed by atoms with Gasteiger partial charge in [-0.25, -0.2) is 8.42 Å². The zero-order valence-corrected chi connectivity index (χ0v) is 13.1. The lowest BCUT2D eigenvalue weighted by Gasteiger charge is -2.21. The molecule has 0 heterocycles. The number of nitrogens with two attached hydrogens (primary N) is 1. The number of benzene rings is 1. The van der Waals surface area contributed by atoms with E-state index in [0.29, 0.717) is 6.42 Å². The Morgan fingerprint density at radius 2 is 2.14 bits per heavy atom. The molecule has 0 saturated carbocycles. The standard InChI is InChI=1S/C13H16ClN3O3S/c1-2-3-6-17(9-13(16)18)21(19,20)12-5-4-10(8-15)7-11(12)14/h4-5,7H,2-3,6,9H2,1H3,(H2,16,18). The van der Waals surface area contributed by atoms with Crippen molar-refractivity contribution in [3.8, 4) is 6.07 Å². The van der Waals surface area contributed by atoms with Crippen LogP contribution in [0.15, 0.2) is 23.1 Å². The van der Waals surface area contributed by atoms with Crippen molar-refractivity contribution in [1.82, 2.24) is 4.31 Å². The molecular weight excluding hydrogens is 314 g/mol. The van der Waals surface area contributed by atoms with Crippen molar-refractivity contribution in [3.63, 3.8) is 0 Å². The van der Waals surface area contributed by atoms with E-state index in [1.165, 1.54) is 18.2 Å². The quantitative estimate of drug-likeness (QED) is 0.818. The number of nitriles is 1. The van der Waals surface area contributed by atoms with Crippen LogP contribution in [0.4, 0.5) is 0 Å². The SMILES string of the molecule is CCCCN(CC(N)=O)S(=O)(=O)c1ccc(C#N)cc1Cl. The predicted octanol–water partition coefficient (Wildman–Crippen LogP) is 1.49. The Kier molecular flexibility index (Phi) is 6.15. The van der Waals surface area contributed by atoms with Crippen LogP contribution in [0.2, 0.25) is 5.02 Å². The van der Waals surface area contributed by atoms with E-state index in [4.69, 9.17) is 22.6 Å². The van der Waals surface area contributed by atoms with E-state index in [1.54, 1.807) is 0 Å². The summed E-state index contributed by atoms with van der Waals surface area (Å²) in [5.41, 5.74) is 5.36. The van der Waals surface area contributed by atoms with Gasteiger partial charge in [0, 0.05) is 6.54 Å². The van der Waals surface area contributed by atoms with E-state index >= 15 is 0 Å². The molecule has 0 fully saturated rings. The van der Waals surface area contributed by atoms with Crippen LogP contribution in [-0.2, 0) is 14.8 Å². The number of carbonyl (C=O) groups excluding carboxylic acids is 1. The fourth-order valence-electron chi connectivity index (χ4n) is 1.71. The van der Waals surface area contributed by atoms with Crippen molar-refractivity contribution >= 4 is 27.5 Å². The summed E-state index contributed by atoms with van der Waals surface area (Å²) in [5.74, 6) is -0.737. The Balaban J connectivity index is 3.22. The van der Waals surface area contributed by atoms with Gasteiger partial charge in [0.15, 0.2) is 0 Å². The number of nitrogens with zero attached hydrogens (tertiary/aromatic N) is 2. The molecule has 1 amide bonds. The van der Waals surface area contributed by atoms with E-state index < -0.39 is 22.5 Å². The summed E-state index contributed by atoms with van der Waals surface area (Å²) in [4.78, 5) is 10.9. The largest absolute Gasteiger partial charge is 0.369 e. The van der Waals surface area contributed by atoms with E-state index in [-0.39, 0.29) is 22.0 Å². The molecule has 0 bridgehead atoms. The lowest BCUT2D eigenvalue weighted by atomic mass is 10.2. The van der Waals surface area contributed by atoms with Gasteiger partial charge in [0.2, 0.25) is 15.9 Å². The number of carbonyl (C=O) groups is 1. The second-order valence-electron chi connectivity index (χ2n) is 4.42. The third-order valence-corrected chi connectivity index (χ3v) is 5.10. The van der Waals surface area contributed by atoms with Gasteiger partial charge in [-0.1, -0.05) is 24.9 Å². The van der Waals surface area contributed by atoms with Crippen LogP contribution in [0.25, 0.3) is 0 Å². The molecule has 8 heteroatoms. The maximum Gasteiger partial charge on any atom is 0.245 e. The summed E-state index contributed by atoms with van der Waals surface area (Å²) in [7, 11) is -3.93. The number of rotatable bonds is 7. The summed E-state index contributed by atoms with van der Waals surface area (Å²) in [6, 6.07) is 5.77. The van der Waals surface area contributed by atoms with Crippen LogP contribution in [0, 0.1) is 11.3 Å². The summed E-state index contributed by atoms with van der Waals surface area (Å²) in [6.45, 7) is 1.68. The second-order valence-corrected chi connectivity index (χ2v) is 6.73. The van der Waals surface area contributed by atoms with Gasteiger partial charge in [-0.05, 0) is 24.6 Å². The summed E-state index contributed by atoms with van der Waals surface area (Å²) in [5, 5.41) is 8.71. The highest BCUT2D eigenvalue weighted by Crippen LogP contribution is 2.25. The molecule has 0 spiro atoms. The first-order chi connectivity index (χ1) is 9.82. The first-order valence-corrected chi connectivity index (χ1v) is 8.12. The lowest BCUT2D eigenvalue weighted by molar-refractivity contribution is -0.118. The molecule has 0 unspecified atom stereocenters. The van der Waals surface area contributed by atoms with Gasteiger partial charge in [0.25, 0.3) is 0 Å². The van der Waals surface area contributed by atoms with Crippen LogP contribution in [0.1, 0.15) is 25.3 Å². The zero-order chi connectivity index (χ0) is 16.0. The van der Waals surface area contributed by atoms with Crippen LogP contribution in [0.3, 0.4) is 0 Å². The summed E-state index contributed by atoms with van der Waals surface area (Å²) >= 11 is 5.93. The van der Waals surface area contributed by atoms with Crippen molar-refractivity contribution in [1.29, 1.82) is 5.26 Å². The normalized spacial score (nSPS) is 11.3. The van der Waals surface area contributed by atoms with Gasteiger partial charge < -0.3 is 5.73 Å². The van der Waals surface area contributed by atoms with Crippen molar-refractivity contribution < 1.29 is 13.2 Å². The zero-order valence-electron chi connectivity index (χ0n) is 11.5. The van der Waals surface area contributed by atoms with Crippen molar-refractivity contribution in [2.75, 3.05) is 13.1 Å². The third kappa shape index (κ3) is 4.43. The van der Waals surface area contributed by atoms with Crippen LogP contribution in [-0.4, -0.2) is 31.7 Å². The first-order valence-electron chi connectivity index (χ1n) is 6.31. The molecule has 1 rings (SSSR count). The number of sulfonamides is 1. The molecule has 0 aromatic heterocycles. The monoisotopic (exact) mass is 329 g/mol. The first kappa shape index (κ1) is 17.4. The van der Waals surface area contributed by atoms with Gasteiger partial charge >= 0.3 is 0 Å². The summed E-state index contributed by atoms with van der Waals surface area (Å²) < 4.78 is 26.1. The van der Waals surface area contributed by atoms with E-state index in [9.17, 15) is 13.2 Å². The number of amides is 1. The fourth-order valence-corrected chi connectivity index (χ4v) is 3.67. The molecule has 0 radical (unpaired) electrons. The number of hydrogen-bond acceptors (Lipinski definition) is 4. The van der Waals surface area contributed by atoms with Gasteiger partial charge in [0.1, 0.15) is 4.90 Å². The smallest absolute Gasteiger partial charge is 0.245 e. The van der Waals surface area contributed by atoms with E-state index in [1.807, 2.05) is 13.0 Å². The second kappa shape index (κ2) is 7.41. The lowest BCUT2D eigenvalue weighted by Crippen LogP contribution is -2.39. The molecule has 0 aliphatic rings. The van der Waals surface area contributed by atoms with Gasteiger partial charge in [-0.3, -0.25) is 4.79 Å².